The van der Waals surface area contributed by atoms with Gasteiger partial charge in [-0.1, -0.05) is 6.07 Å². The summed E-state index contributed by atoms with van der Waals surface area (Å²) in [6.45, 7) is 1.46. The maximum absolute atomic E-state index is 12.6. The molecular weight excluding hydrogens is 368 g/mol. The van der Waals surface area contributed by atoms with E-state index in [0.29, 0.717) is 17.4 Å². The number of urea groups is 1. The number of nitrogens with zero attached hydrogens (tertiary/aromatic N) is 2. The third kappa shape index (κ3) is 4.68. The second kappa shape index (κ2) is 8.68. The minimum absolute atomic E-state index is 0.0745. The first-order chi connectivity index (χ1) is 14.2. The van der Waals surface area contributed by atoms with Crippen LogP contribution in [0.4, 0.5) is 10.5 Å². The monoisotopic (exact) mass is 392 g/mol. The predicted octanol–water partition coefficient (Wildman–Crippen LogP) is 4.62. The molecule has 2 heterocycles. The minimum Gasteiger partial charge on any atom is -0.497 e. The Hall–Kier alpha value is -3.48. The van der Waals surface area contributed by atoms with Crippen molar-refractivity contribution in [2.75, 3.05) is 25.5 Å². The number of rotatable bonds is 5. The van der Waals surface area contributed by atoms with Gasteiger partial charge in [-0.3, -0.25) is 0 Å². The number of ether oxygens (including phenoxy) is 2. The van der Waals surface area contributed by atoms with Gasteiger partial charge in [-0.05, 0) is 49.2 Å². The average molecular weight is 392 g/mol. The average Bonchev–Trinajstić information content (AvgIpc) is 3.30. The van der Waals surface area contributed by atoms with Crippen LogP contribution in [0.1, 0.15) is 24.5 Å². The molecule has 2 amide bonds. The molecule has 2 aromatic carbocycles. The van der Waals surface area contributed by atoms with Crippen molar-refractivity contribution in [3.8, 4) is 17.2 Å². The Morgan fingerprint density at radius 2 is 1.86 bits per heavy atom. The summed E-state index contributed by atoms with van der Waals surface area (Å²) >= 11 is 0. The number of H-pyrrole nitrogens is 1. The molecule has 0 spiro atoms. The number of aromatic nitrogens is 2. The molecule has 1 saturated heterocycles. The lowest BCUT2D eigenvalue weighted by Gasteiger charge is -2.31. The number of imidazole rings is 1. The number of anilines is 1. The summed E-state index contributed by atoms with van der Waals surface area (Å²) in [6.07, 6.45) is 5.44. The third-order valence-corrected chi connectivity index (χ3v) is 5.12. The first-order valence-corrected chi connectivity index (χ1v) is 9.67. The molecule has 0 bridgehead atoms. The van der Waals surface area contributed by atoms with Gasteiger partial charge in [0, 0.05) is 42.7 Å². The van der Waals surface area contributed by atoms with Gasteiger partial charge in [0.15, 0.2) is 0 Å². The van der Waals surface area contributed by atoms with Gasteiger partial charge >= 0.3 is 6.03 Å². The maximum atomic E-state index is 12.6. The third-order valence-electron chi connectivity index (χ3n) is 5.12. The van der Waals surface area contributed by atoms with Crippen molar-refractivity contribution in [2.45, 2.75) is 18.8 Å². The first-order valence-electron chi connectivity index (χ1n) is 9.67. The molecule has 1 aliphatic rings. The molecule has 4 rings (SSSR count). The summed E-state index contributed by atoms with van der Waals surface area (Å²) in [5, 5.41) is 2.96. The fraction of sp³-hybridized carbons (Fsp3) is 0.273. The largest absolute Gasteiger partial charge is 0.497 e. The van der Waals surface area contributed by atoms with Crippen molar-refractivity contribution in [3.05, 3.63) is 66.7 Å². The van der Waals surface area contributed by atoms with E-state index in [4.69, 9.17) is 9.47 Å². The summed E-state index contributed by atoms with van der Waals surface area (Å²) in [7, 11) is 1.62. The van der Waals surface area contributed by atoms with E-state index in [0.717, 1.165) is 43.1 Å². The molecule has 1 aromatic heterocycles. The number of hydrogen-bond donors (Lipinski definition) is 2. The van der Waals surface area contributed by atoms with Gasteiger partial charge < -0.3 is 24.7 Å². The van der Waals surface area contributed by atoms with Crippen molar-refractivity contribution in [1.82, 2.24) is 14.9 Å². The number of carbonyl (C=O) groups excluding carboxylic acids is 1. The summed E-state index contributed by atoms with van der Waals surface area (Å²) in [6, 6.07) is 14.7. The number of likely N-dealkylation sites (tertiary alicyclic amines) is 1. The second-order valence-corrected chi connectivity index (χ2v) is 7.00. The molecule has 150 valence electrons. The normalized spacial score (nSPS) is 14.4. The number of aromatic amines is 1. The zero-order valence-corrected chi connectivity index (χ0v) is 16.3. The molecule has 0 aliphatic carbocycles. The maximum Gasteiger partial charge on any atom is 0.321 e. The highest BCUT2D eigenvalue weighted by Crippen LogP contribution is 2.28. The molecule has 7 heteroatoms. The molecule has 0 unspecified atom stereocenters. The highest BCUT2D eigenvalue weighted by atomic mass is 16.5. The van der Waals surface area contributed by atoms with Crippen LogP contribution in [0.2, 0.25) is 0 Å². The van der Waals surface area contributed by atoms with E-state index >= 15 is 0 Å². The lowest BCUT2D eigenvalue weighted by atomic mass is 9.94. The number of carbonyl (C=O) groups is 1. The van der Waals surface area contributed by atoms with Crippen LogP contribution in [0.25, 0.3) is 0 Å². The highest BCUT2D eigenvalue weighted by molar-refractivity contribution is 5.89. The van der Waals surface area contributed by atoms with Crippen molar-refractivity contribution >= 4 is 11.7 Å². The predicted molar refractivity (Wildman–Crippen MR) is 111 cm³/mol. The summed E-state index contributed by atoms with van der Waals surface area (Å²) < 4.78 is 11.0. The molecule has 0 atom stereocenters. The van der Waals surface area contributed by atoms with Crippen molar-refractivity contribution in [1.29, 1.82) is 0 Å². The van der Waals surface area contributed by atoms with Crippen LogP contribution in [0.3, 0.4) is 0 Å². The van der Waals surface area contributed by atoms with E-state index < -0.39 is 0 Å². The van der Waals surface area contributed by atoms with Crippen LogP contribution in [0.5, 0.6) is 17.2 Å². The number of piperidine rings is 1. The van der Waals surface area contributed by atoms with E-state index in [9.17, 15) is 4.79 Å². The van der Waals surface area contributed by atoms with Gasteiger partial charge in [0.1, 0.15) is 17.2 Å². The number of amides is 2. The van der Waals surface area contributed by atoms with Gasteiger partial charge in [-0.15, -0.1) is 0 Å². The molecule has 1 fully saturated rings. The quantitative estimate of drug-likeness (QED) is 0.664. The molecule has 2 N–H and O–H groups in total. The van der Waals surface area contributed by atoms with Gasteiger partial charge in [0.25, 0.3) is 0 Å². The summed E-state index contributed by atoms with van der Waals surface area (Å²) in [4.78, 5) is 21.7. The van der Waals surface area contributed by atoms with Crippen LogP contribution in [-0.2, 0) is 0 Å². The van der Waals surface area contributed by atoms with Crippen LogP contribution in [0, 0.1) is 0 Å². The molecule has 29 heavy (non-hydrogen) atoms. The Morgan fingerprint density at radius 1 is 1.10 bits per heavy atom. The molecule has 7 nitrogen and oxygen atoms in total. The van der Waals surface area contributed by atoms with Crippen LogP contribution < -0.4 is 14.8 Å². The molecule has 0 saturated carbocycles. The van der Waals surface area contributed by atoms with Gasteiger partial charge in [-0.2, -0.15) is 0 Å². The van der Waals surface area contributed by atoms with E-state index in [1.165, 1.54) is 0 Å². The van der Waals surface area contributed by atoms with Crippen LogP contribution >= 0.6 is 0 Å². The first kappa shape index (κ1) is 18.9. The number of benzene rings is 2. The van der Waals surface area contributed by atoms with Crippen LogP contribution in [0.15, 0.2) is 61.1 Å². The Labute approximate surface area is 169 Å². The van der Waals surface area contributed by atoms with Crippen LogP contribution in [-0.4, -0.2) is 41.1 Å². The van der Waals surface area contributed by atoms with Crippen molar-refractivity contribution < 1.29 is 14.3 Å². The Morgan fingerprint density at radius 3 is 2.55 bits per heavy atom. The van der Waals surface area contributed by atoms with E-state index in [-0.39, 0.29) is 6.03 Å². The zero-order chi connectivity index (χ0) is 20.1. The molecule has 3 aromatic rings. The van der Waals surface area contributed by atoms with Crippen molar-refractivity contribution in [3.63, 3.8) is 0 Å². The van der Waals surface area contributed by atoms with Gasteiger partial charge in [0.05, 0.1) is 13.4 Å². The minimum atomic E-state index is -0.0745. The molecular formula is C22H24N4O3. The number of hydrogen-bond acceptors (Lipinski definition) is 4. The zero-order valence-electron chi connectivity index (χ0n) is 16.3. The Bertz CT molecular complexity index is 933. The lowest BCUT2D eigenvalue weighted by molar-refractivity contribution is 0.194. The molecule has 0 radical (unpaired) electrons. The Kier molecular flexibility index (Phi) is 5.65. The fourth-order valence-electron chi connectivity index (χ4n) is 3.49. The Balaban J connectivity index is 1.30. The fourth-order valence-corrected chi connectivity index (χ4v) is 3.49. The number of nitrogens with one attached hydrogen (secondary N) is 2. The van der Waals surface area contributed by atoms with Crippen molar-refractivity contribution in [2.24, 2.45) is 0 Å². The standard InChI is InChI=1S/C22H24N4O3/c1-28-19-3-2-4-20(13-19)29-18-7-5-17(6-8-18)25-22(27)26-11-9-16(10-12-26)21-14-23-15-24-21/h2-8,13-16H,9-12H2,1H3,(H,23,24)(H,25,27). The number of methoxy groups -OCH3 is 1. The lowest BCUT2D eigenvalue weighted by Crippen LogP contribution is -2.40. The van der Waals surface area contributed by atoms with E-state index in [1.54, 1.807) is 13.4 Å². The van der Waals surface area contributed by atoms with E-state index in [2.05, 4.69) is 15.3 Å². The van der Waals surface area contributed by atoms with Gasteiger partial charge in [0.2, 0.25) is 0 Å². The molecule has 1 aliphatic heterocycles. The SMILES string of the molecule is COc1cccc(Oc2ccc(NC(=O)N3CCC(c4cnc[nH]4)CC3)cc2)c1. The highest BCUT2D eigenvalue weighted by Gasteiger charge is 2.24. The second-order valence-electron chi connectivity index (χ2n) is 7.00. The smallest absolute Gasteiger partial charge is 0.321 e. The summed E-state index contributed by atoms with van der Waals surface area (Å²) in [5.41, 5.74) is 1.89. The topological polar surface area (TPSA) is 79.5 Å². The van der Waals surface area contributed by atoms with E-state index in [1.807, 2.05) is 59.6 Å². The van der Waals surface area contributed by atoms with Gasteiger partial charge in [-0.25, -0.2) is 9.78 Å². The summed E-state index contributed by atoms with van der Waals surface area (Å²) in [5.74, 6) is 2.56.